The minimum atomic E-state index is -0.581. The number of nitrogens with zero attached hydrogens (tertiary/aromatic N) is 2. The minimum Gasteiger partial charge on any atom is -0.493 e. The Balaban J connectivity index is 2.35. The van der Waals surface area contributed by atoms with Crippen LogP contribution in [0.15, 0.2) is 40.3 Å². The van der Waals surface area contributed by atoms with Crippen LogP contribution in [0, 0.1) is 6.92 Å². The molecule has 0 aliphatic rings. The van der Waals surface area contributed by atoms with Gasteiger partial charge in [-0.15, -0.1) is 0 Å². The van der Waals surface area contributed by atoms with Gasteiger partial charge in [0.15, 0.2) is 16.7 Å². The van der Waals surface area contributed by atoms with Crippen LogP contribution in [0.25, 0.3) is 16.6 Å². The molecule has 0 bridgehead atoms. The van der Waals surface area contributed by atoms with Crippen LogP contribution in [0.2, 0.25) is 0 Å². The number of methoxy groups -OCH3 is 3. The molecule has 1 heterocycles. The van der Waals surface area contributed by atoms with Gasteiger partial charge in [-0.05, 0) is 39.0 Å². The molecule has 3 aromatic rings. The van der Waals surface area contributed by atoms with Crippen molar-refractivity contribution in [2.24, 2.45) is 0 Å². The van der Waals surface area contributed by atoms with Crippen LogP contribution >= 0.6 is 11.8 Å². The highest BCUT2D eigenvalue weighted by Crippen LogP contribution is 2.42. The number of benzene rings is 2. The number of aromatic nitrogens is 2. The Bertz CT molecular complexity index is 1190. The maximum atomic E-state index is 13.7. The van der Waals surface area contributed by atoms with E-state index in [4.69, 9.17) is 23.9 Å². The van der Waals surface area contributed by atoms with E-state index >= 15 is 0 Å². The van der Waals surface area contributed by atoms with Gasteiger partial charge in [-0.25, -0.2) is 4.98 Å². The van der Waals surface area contributed by atoms with Crippen LogP contribution in [-0.2, 0) is 9.53 Å². The number of hydrogen-bond donors (Lipinski definition) is 0. The first-order valence-corrected chi connectivity index (χ1v) is 10.9. The summed E-state index contributed by atoms with van der Waals surface area (Å²) >= 11 is 1.14. The topological polar surface area (TPSA) is 88.9 Å². The average molecular weight is 459 g/mol. The summed E-state index contributed by atoms with van der Waals surface area (Å²) in [5.41, 5.74) is 1.67. The Labute approximate surface area is 190 Å². The van der Waals surface area contributed by atoms with Crippen molar-refractivity contribution in [1.82, 2.24) is 9.55 Å². The van der Waals surface area contributed by atoms with Crippen molar-refractivity contribution >= 4 is 28.6 Å². The molecule has 0 amide bonds. The zero-order valence-electron chi connectivity index (χ0n) is 18.9. The van der Waals surface area contributed by atoms with Gasteiger partial charge in [-0.1, -0.05) is 29.5 Å². The highest BCUT2D eigenvalue weighted by atomic mass is 32.2. The van der Waals surface area contributed by atoms with E-state index in [1.165, 1.54) is 25.9 Å². The summed E-state index contributed by atoms with van der Waals surface area (Å²) in [7, 11) is 4.44. The van der Waals surface area contributed by atoms with Gasteiger partial charge in [-0.3, -0.25) is 14.2 Å². The summed E-state index contributed by atoms with van der Waals surface area (Å²) in [6.07, 6.45) is 0. The predicted octanol–water partition coefficient (Wildman–Crippen LogP) is 3.76. The largest absolute Gasteiger partial charge is 0.493 e. The molecule has 3 rings (SSSR count). The standard InChI is InChI=1S/C23H26N2O6S/c1-7-31-22(27)14(3)32-23-24-18-16(12-17(28-4)19(29-5)20(18)30-6)21(26)25(23)15-10-8-13(2)9-11-15/h8-12,14H,7H2,1-6H3/t14-/m0/s1. The zero-order chi connectivity index (χ0) is 23.4. The quantitative estimate of drug-likeness (QED) is 0.286. The summed E-state index contributed by atoms with van der Waals surface area (Å²) in [4.78, 5) is 30.7. The number of carbonyl (C=O) groups is 1. The van der Waals surface area contributed by atoms with Gasteiger partial charge in [-0.2, -0.15) is 0 Å². The van der Waals surface area contributed by atoms with E-state index in [1.54, 1.807) is 19.9 Å². The molecule has 1 aromatic heterocycles. The molecule has 9 heteroatoms. The monoisotopic (exact) mass is 458 g/mol. The number of ether oxygens (including phenoxy) is 4. The lowest BCUT2D eigenvalue weighted by Gasteiger charge is -2.18. The number of fused-ring (bicyclic) bond motifs is 1. The number of hydrogen-bond acceptors (Lipinski definition) is 8. The van der Waals surface area contributed by atoms with Crippen molar-refractivity contribution in [2.75, 3.05) is 27.9 Å². The lowest BCUT2D eigenvalue weighted by atomic mass is 10.2. The molecule has 0 aliphatic heterocycles. The lowest BCUT2D eigenvalue weighted by molar-refractivity contribution is -0.142. The predicted molar refractivity (Wildman–Crippen MR) is 124 cm³/mol. The van der Waals surface area contributed by atoms with E-state index in [0.717, 1.165) is 17.3 Å². The first-order chi connectivity index (χ1) is 15.4. The van der Waals surface area contributed by atoms with E-state index in [9.17, 15) is 9.59 Å². The lowest BCUT2D eigenvalue weighted by Crippen LogP contribution is -2.24. The van der Waals surface area contributed by atoms with Crippen LogP contribution in [-0.4, -0.2) is 48.7 Å². The van der Waals surface area contributed by atoms with E-state index in [0.29, 0.717) is 33.2 Å². The molecular weight excluding hydrogens is 432 g/mol. The van der Waals surface area contributed by atoms with E-state index in [2.05, 4.69) is 0 Å². The van der Waals surface area contributed by atoms with Crippen LogP contribution in [0.5, 0.6) is 17.2 Å². The van der Waals surface area contributed by atoms with Crippen LogP contribution in [0.4, 0.5) is 0 Å². The van der Waals surface area contributed by atoms with E-state index in [1.807, 2.05) is 31.2 Å². The molecule has 1 atom stereocenters. The fourth-order valence-electron chi connectivity index (χ4n) is 3.23. The zero-order valence-corrected chi connectivity index (χ0v) is 19.7. The fourth-order valence-corrected chi connectivity index (χ4v) is 4.15. The molecule has 0 fully saturated rings. The molecule has 0 unspecified atom stereocenters. The third kappa shape index (κ3) is 4.38. The maximum absolute atomic E-state index is 13.7. The molecule has 0 aliphatic carbocycles. The smallest absolute Gasteiger partial charge is 0.319 e. The summed E-state index contributed by atoms with van der Waals surface area (Å²) < 4.78 is 23.0. The molecule has 0 spiro atoms. The summed E-state index contributed by atoms with van der Waals surface area (Å²) in [6.45, 7) is 5.69. The van der Waals surface area contributed by atoms with Gasteiger partial charge in [0.2, 0.25) is 5.75 Å². The number of carbonyl (C=O) groups excluding carboxylic acids is 1. The SMILES string of the molecule is CCOC(=O)[C@H](C)Sc1nc2c(OC)c(OC)c(OC)cc2c(=O)n1-c1ccc(C)cc1. The van der Waals surface area contributed by atoms with Gasteiger partial charge >= 0.3 is 5.97 Å². The Kier molecular flexibility index (Phi) is 7.29. The first kappa shape index (κ1) is 23.5. The van der Waals surface area contributed by atoms with Crippen LogP contribution in [0.1, 0.15) is 19.4 Å². The Morgan fingerprint density at radius 3 is 2.31 bits per heavy atom. The Morgan fingerprint density at radius 2 is 1.75 bits per heavy atom. The molecule has 0 saturated heterocycles. The van der Waals surface area contributed by atoms with Crippen LogP contribution in [0.3, 0.4) is 0 Å². The highest BCUT2D eigenvalue weighted by Gasteiger charge is 2.25. The first-order valence-electron chi connectivity index (χ1n) is 10.0. The summed E-state index contributed by atoms with van der Waals surface area (Å²) in [6, 6.07) is 9.07. The van der Waals surface area contributed by atoms with Gasteiger partial charge < -0.3 is 18.9 Å². The molecule has 170 valence electrons. The van der Waals surface area contributed by atoms with Gasteiger partial charge in [0.1, 0.15) is 10.8 Å². The van der Waals surface area contributed by atoms with Gasteiger partial charge in [0.05, 0.1) is 39.0 Å². The second-order valence-corrected chi connectivity index (χ2v) is 8.23. The van der Waals surface area contributed by atoms with E-state index < -0.39 is 5.25 Å². The van der Waals surface area contributed by atoms with Crippen molar-refractivity contribution in [3.63, 3.8) is 0 Å². The van der Waals surface area contributed by atoms with Gasteiger partial charge in [0.25, 0.3) is 5.56 Å². The van der Waals surface area contributed by atoms with Crippen molar-refractivity contribution in [3.8, 4) is 22.9 Å². The summed E-state index contributed by atoms with van der Waals surface area (Å²) in [5, 5.41) is 0.0489. The molecule has 8 nitrogen and oxygen atoms in total. The van der Waals surface area contributed by atoms with Crippen molar-refractivity contribution in [3.05, 3.63) is 46.2 Å². The summed E-state index contributed by atoms with van der Waals surface area (Å²) in [5.74, 6) is 0.575. The number of esters is 1. The molecule has 32 heavy (non-hydrogen) atoms. The van der Waals surface area contributed by atoms with Crippen molar-refractivity contribution < 1.29 is 23.7 Å². The second kappa shape index (κ2) is 9.95. The number of thioether (sulfide) groups is 1. The maximum Gasteiger partial charge on any atom is 0.319 e. The highest BCUT2D eigenvalue weighted by molar-refractivity contribution is 8.00. The third-order valence-corrected chi connectivity index (χ3v) is 5.86. The van der Waals surface area contributed by atoms with E-state index in [-0.39, 0.29) is 23.9 Å². The molecule has 0 radical (unpaired) electrons. The number of rotatable bonds is 8. The second-order valence-electron chi connectivity index (χ2n) is 6.92. The van der Waals surface area contributed by atoms with Crippen LogP contribution < -0.4 is 19.8 Å². The van der Waals surface area contributed by atoms with Gasteiger partial charge in [0, 0.05) is 0 Å². The fraction of sp³-hybridized carbons (Fsp3) is 0.348. The average Bonchev–Trinajstić information content (AvgIpc) is 2.79. The molecule has 0 saturated carbocycles. The van der Waals surface area contributed by atoms with Crippen molar-refractivity contribution in [1.29, 1.82) is 0 Å². The third-order valence-electron chi connectivity index (χ3n) is 4.83. The molecular formula is C23H26N2O6S. The number of aryl methyl sites for hydroxylation is 1. The van der Waals surface area contributed by atoms with Crippen molar-refractivity contribution in [2.45, 2.75) is 31.2 Å². The Hall–Kier alpha value is -3.20. The molecule has 0 N–H and O–H groups in total. The normalized spacial score (nSPS) is 11.8. The minimum absolute atomic E-state index is 0.268. The molecule has 2 aromatic carbocycles. The Morgan fingerprint density at radius 1 is 1.09 bits per heavy atom.